The van der Waals surface area contributed by atoms with E-state index in [0.29, 0.717) is 22.3 Å². The zero-order valence-corrected chi connectivity index (χ0v) is 16.3. The molecule has 4 nitrogen and oxygen atoms in total. The van der Waals surface area contributed by atoms with E-state index in [9.17, 15) is 14.7 Å². The number of rotatable bonds is 6. The van der Waals surface area contributed by atoms with Crippen LogP contribution in [0.25, 0.3) is 11.1 Å². The summed E-state index contributed by atoms with van der Waals surface area (Å²) in [7, 11) is 0. The van der Waals surface area contributed by atoms with Crippen LogP contribution in [0.3, 0.4) is 0 Å². The van der Waals surface area contributed by atoms with Crippen LogP contribution in [0.2, 0.25) is 5.02 Å². The summed E-state index contributed by atoms with van der Waals surface area (Å²) in [6.45, 7) is 0.106. The van der Waals surface area contributed by atoms with E-state index < -0.39 is 16.5 Å². The van der Waals surface area contributed by atoms with Crippen LogP contribution in [0.4, 0.5) is 4.79 Å². The largest absolute Gasteiger partial charge is 0.480 e. The van der Waals surface area contributed by atoms with E-state index in [1.807, 2.05) is 54.6 Å². The second-order valence-electron chi connectivity index (χ2n) is 5.99. The summed E-state index contributed by atoms with van der Waals surface area (Å²) in [5.74, 6) is -1.10. The van der Waals surface area contributed by atoms with Crippen molar-refractivity contribution in [2.24, 2.45) is 0 Å². The summed E-state index contributed by atoms with van der Waals surface area (Å²) in [5.41, 5.74) is 3.27. The molecule has 0 radical (unpaired) electrons. The average Bonchev–Trinajstić information content (AvgIpc) is 2.72. The van der Waals surface area contributed by atoms with Crippen molar-refractivity contribution < 1.29 is 19.4 Å². The van der Waals surface area contributed by atoms with E-state index in [4.69, 9.17) is 16.3 Å². The Morgan fingerprint density at radius 1 is 0.893 bits per heavy atom. The van der Waals surface area contributed by atoms with Crippen molar-refractivity contribution in [3.8, 4) is 11.1 Å². The van der Waals surface area contributed by atoms with Gasteiger partial charge in [0, 0.05) is 5.02 Å². The Labute approximate surface area is 172 Å². The van der Waals surface area contributed by atoms with Crippen molar-refractivity contribution in [2.45, 2.75) is 11.9 Å². The number of ether oxygens (including phenoxy) is 1. The van der Waals surface area contributed by atoms with Crippen molar-refractivity contribution >= 4 is 34.6 Å². The lowest BCUT2D eigenvalue weighted by Crippen LogP contribution is -2.11. The van der Waals surface area contributed by atoms with E-state index in [-0.39, 0.29) is 6.61 Å². The summed E-state index contributed by atoms with van der Waals surface area (Å²) in [6.07, 6.45) is 0. The summed E-state index contributed by atoms with van der Waals surface area (Å²) >= 11 is 6.55. The molecule has 0 aliphatic carbocycles. The summed E-state index contributed by atoms with van der Waals surface area (Å²) in [6, 6.07) is 23.7. The van der Waals surface area contributed by atoms with E-state index in [1.165, 1.54) is 0 Å². The fourth-order valence-corrected chi connectivity index (χ4v) is 3.44. The first-order chi connectivity index (χ1) is 13.5. The van der Waals surface area contributed by atoms with Gasteiger partial charge >= 0.3 is 11.3 Å². The Morgan fingerprint density at radius 3 is 2.04 bits per heavy atom. The van der Waals surface area contributed by atoms with Crippen molar-refractivity contribution in [3.63, 3.8) is 0 Å². The highest BCUT2D eigenvalue weighted by molar-refractivity contribution is 8.14. The number of hydrogen-bond acceptors (Lipinski definition) is 4. The average molecular weight is 413 g/mol. The van der Waals surface area contributed by atoms with Gasteiger partial charge in [0.15, 0.2) is 0 Å². The van der Waals surface area contributed by atoms with Gasteiger partial charge in [-0.15, -0.1) is 0 Å². The predicted octanol–water partition coefficient (Wildman–Crippen LogP) is 6.20. The smallest absolute Gasteiger partial charge is 0.368 e. The van der Waals surface area contributed by atoms with E-state index in [1.54, 1.807) is 24.3 Å². The third-order valence-electron chi connectivity index (χ3n) is 4.03. The predicted molar refractivity (Wildman–Crippen MR) is 111 cm³/mol. The van der Waals surface area contributed by atoms with Crippen molar-refractivity contribution in [2.75, 3.05) is 0 Å². The third-order valence-corrected chi connectivity index (χ3v) is 5.30. The molecule has 0 heterocycles. The zero-order valence-electron chi connectivity index (χ0n) is 14.7. The molecule has 0 saturated heterocycles. The fraction of sp³-hybridized carbons (Fsp3) is 0.0909. The van der Waals surface area contributed by atoms with Gasteiger partial charge in [0.1, 0.15) is 11.9 Å². The molecular weight excluding hydrogens is 396 g/mol. The quantitative estimate of drug-likeness (QED) is 0.488. The summed E-state index contributed by atoms with van der Waals surface area (Å²) in [5, 5.41) is 8.52. The number of aliphatic carboxylic acids is 1. The molecule has 0 aliphatic rings. The molecule has 0 fully saturated rings. The highest BCUT2D eigenvalue weighted by atomic mass is 35.5. The molecular formula is C22H17ClO4S. The maximum Gasteiger partial charge on any atom is 0.368 e. The van der Waals surface area contributed by atoms with Crippen LogP contribution < -0.4 is 0 Å². The van der Waals surface area contributed by atoms with Crippen LogP contribution in [0.5, 0.6) is 0 Å². The van der Waals surface area contributed by atoms with Gasteiger partial charge in [-0.2, -0.15) is 0 Å². The Bertz CT molecular complexity index is 941. The van der Waals surface area contributed by atoms with Crippen LogP contribution in [-0.2, 0) is 16.1 Å². The number of benzene rings is 3. The highest BCUT2D eigenvalue weighted by Gasteiger charge is 2.25. The van der Waals surface area contributed by atoms with Gasteiger partial charge < -0.3 is 9.84 Å². The van der Waals surface area contributed by atoms with Crippen molar-refractivity contribution in [1.29, 1.82) is 0 Å². The molecule has 0 saturated carbocycles. The lowest BCUT2D eigenvalue weighted by molar-refractivity contribution is -0.136. The van der Waals surface area contributed by atoms with Gasteiger partial charge in [-0.25, -0.2) is 4.79 Å². The molecule has 0 aliphatic heterocycles. The standard InChI is InChI=1S/C22H17ClO4S/c23-19-12-10-17(11-13-19)16-6-8-18(9-7-16)20(21(24)25)28-22(26)27-14-15-4-2-1-3-5-15/h1-13,20H,14H2,(H,24,25). The monoisotopic (exact) mass is 412 g/mol. The minimum absolute atomic E-state index is 0.106. The van der Waals surface area contributed by atoms with Crippen LogP contribution in [0.15, 0.2) is 78.9 Å². The lowest BCUT2D eigenvalue weighted by Gasteiger charge is -2.13. The number of thioether (sulfide) groups is 1. The lowest BCUT2D eigenvalue weighted by atomic mass is 10.0. The Hall–Kier alpha value is -2.76. The Morgan fingerprint density at radius 2 is 1.46 bits per heavy atom. The van der Waals surface area contributed by atoms with E-state index >= 15 is 0 Å². The maximum atomic E-state index is 12.1. The summed E-state index contributed by atoms with van der Waals surface area (Å²) in [4.78, 5) is 23.7. The van der Waals surface area contributed by atoms with Gasteiger partial charge in [-0.05, 0) is 46.1 Å². The highest BCUT2D eigenvalue weighted by Crippen LogP contribution is 2.32. The van der Waals surface area contributed by atoms with Crippen LogP contribution in [0, 0.1) is 0 Å². The van der Waals surface area contributed by atoms with Crippen molar-refractivity contribution in [1.82, 2.24) is 0 Å². The van der Waals surface area contributed by atoms with Gasteiger partial charge in [-0.1, -0.05) is 78.3 Å². The Balaban J connectivity index is 1.67. The molecule has 142 valence electrons. The molecule has 1 atom stereocenters. The first kappa shape index (κ1) is 20.0. The molecule has 6 heteroatoms. The van der Waals surface area contributed by atoms with Gasteiger partial charge in [-0.3, -0.25) is 4.79 Å². The van der Waals surface area contributed by atoms with Gasteiger partial charge in [0.2, 0.25) is 0 Å². The number of carbonyl (C=O) groups excluding carboxylic acids is 1. The van der Waals surface area contributed by atoms with Crippen LogP contribution in [0.1, 0.15) is 16.4 Å². The van der Waals surface area contributed by atoms with Crippen molar-refractivity contribution in [3.05, 3.63) is 95.0 Å². The maximum absolute atomic E-state index is 12.1. The van der Waals surface area contributed by atoms with Gasteiger partial charge in [0.25, 0.3) is 0 Å². The number of carboxylic acids is 1. The van der Waals surface area contributed by atoms with Crippen LogP contribution in [-0.4, -0.2) is 16.4 Å². The fourth-order valence-electron chi connectivity index (χ4n) is 2.60. The SMILES string of the molecule is O=C(OCc1ccccc1)SC(C(=O)O)c1ccc(-c2ccc(Cl)cc2)cc1. The molecule has 3 aromatic carbocycles. The number of halogens is 1. The third kappa shape index (κ3) is 5.38. The molecule has 0 amide bonds. The zero-order chi connectivity index (χ0) is 19.9. The number of hydrogen-bond donors (Lipinski definition) is 1. The molecule has 3 rings (SSSR count). The number of carbonyl (C=O) groups is 2. The number of carboxylic acid groups (broad SMARTS) is 1. The first-order valence-corrected chi connectivity index (χ1v) is 9.75. The second kappa shape index (κ2) is 9.44. The molecule has 3 aromatic rings. The van der Waals surface area contributed by atoms with E-state index in [0.717, 1.165) is 16.7 Å². The second-order valence-corrected chi connectivity index (χ2v) is 7.47. The molecule has 0 bridgehead atoms. The minimum atomic E-state index is -1.10. The van der Waals surface area contributed by atoms with Gasteiger partial charge in [0.05, 0.1) is 0 Å². The summed E-state index contributed by atoms with van der Waals surface area (Å²) < 4.78 is 5.18. The minimum Gasteiger partial charge on any atom is -0.480 e. The molecule has 28 heavy (non-hydrogen) atoms. The molecule has 0 spiro atoms. The molecule has 1 unspecified atom stereocenters. The van der Waals surface area contributed by atoms with Crippen LogP contribution >= 0.6 is 23.4 Å². The Kier molecular flexibility index (Phi) is 6.74. The normalized spacial score (nSPS) is 11.6. The topological polar surface area (TPSA) is 63.6 Å². The molecule has 0 aromatic heterocycles. The molecule has 1 N–H and O–H groups in total. The first-order valence-electron chi connectivity index (χ1n) is 8.49. The van der Waals surface area contributed by atoms with E-state index in [2.05, 4.69) is 0 Å².